The van der Waals surface area contributed by atoms with Crippen molar-refractivity contribution < 1.29 is 9.47 Å². The van der Waals surface area contributed by atoms with E-state index in [2.05, 4.69) is 49.0 Å². The van der Waals surface area contributed by atoms with Gasteiger partial charge in [-0.3, -0.25) is 0 Å². The van der Waals surface area contributed by atoms with Gasteiger partial charge in [0.05, 0.1) is 13.4 Å². The molecule has 27 heavy (non-hydrogen) atoms. The van der Waals surface area contributed by atoms with Crippen LogP contribution >= 0.6 is 15.9 Å². The minimum atomic E-state index is 0.506. The van der Waals surface area contributed by atoms with Crippen LogP contribution in [-0.4, -0.2) is 23.2 Å². The quantitative estimate of drug-likeness (QED) is 0.484. The second-order valence-electron chi connectivity index (χ2n) is 6.20. The van der Waals surface area contributed by atoms with Crippen LogP contribution < -0.4 is 14.8 Å². The summed E-state index contributed by atoms with van der Waals surface area (Å²) in [5.74, 6) is 1.52. The van der Waals surface area contributed by atoms with E-state index in [1.54, 1.807) is 13.3 Å². The lowest BCUT2D eigenvalue weighted by Crippen LogP contribution is -2.17. The van der Waals surface area contributed by atoms with Crippen LogP contribution in [0.2, 0.25) is 0 Å². The molecule has 5 nitrogen and oxygen atoms in total. The summed E-state index contributed by atoms with van der Waals surface area (Å²) in [7, 11) is 1.67. The number of methoxy groups -OCH3 is 1. The van der Waals surface area contributed by atoms with Crippen LogP contribution in [-0.2, 0) is 19.7 Å². The molecule has 0 aliphatic heterocycles. The van der Waals surface area contributed by atoms with E-state index in [1.165, 1.54) is 0 Å². The van der Waals surface area contributed by atoms with Gasteiger partial charge in [-0.05, 0) is 30.7 Å². The Morgan fingerprint density at radius 3 is 2.78 bits per heavy atom. The predicted molar refractivity (Wildman–Crippen MR) is 110 cm³/mol. The van der Waals surface area contributed by atoms with E-state index in [0.29, 0.717) is 13.2 Å². The predicted octanol–water partition coefficient (Wildman–Crippen LogP) is 4.41. The number of imidazole rings is 1. The second-order valence-corrected chi connectivity index (χ2v) is 7.12. The number of ether oxygens (including phenoxy) is 2. The Morgan fingerprint density at radius 2 is 2.04 bits per heavy atom. The topological polar surface area (TPSA) is 48.3 Å². The Morgan fingerprint density at radius 1 is 1.19 bits per heavy atom. The normalized spacial score (nSPS) is 10.7. The van der Waals surface area contributed by atoms with Crippen molar-refractivity contribution in [1.82, 2.24) is 14.9 Å². The highest BCUT2D eigenvalue weighted by atomic mass is 79.9. The summed E-state index contributed by atoms with van der Waals surface area (Å²) in [6.07, 6.45) is 6.66. The van der Waals surface area contributed by atoms with Gasteiger partial charge < -0.3 is 19.4 Å². The third kappa shape index (κ3) is 5.84. The number of hydrogen-bond donors (Lipinski definition) is 1. The average molecular weight is 430 g/mol. The SMILES string of the molecule is COc1cc(Br)cc(CNCCCn2ccnc2)c1OCc1ccccc1. The number of hydrogen-bond acceptors (Lipinski definition) is 4. The van der Waals surface area contributed by atoms with Crippen LogP contribution in [0, 0.1) is 0 Å². The lowest BCUT2D eigenvalue weighted by atomic mass is 10.1. The molecule has 0 aliphatic carbocycles. The molecule has 0 fully saturated rings. The number of nitrogens with one attached hydrogen (secondary N) is 1. The first-order valence-corrected chi connectivity index (χ1v) is 9.75. The largest absolute Gasteiger partial charge is 0.493 e. The summed E-state index contributed by atoms with van der Waals surface area (Å²) >= 11 is 3.56. The fourth-order valence-electron chi connectivity index (χ4n) is 2.83. The highest BCUT2D eigenvalue weighted by Gasteiger charge is 2.13. The summed E-state index contributed by atoms with van der Waals surface area (Å²) in [6, 6.07) is 14.1. The standard InChI is InChI=1S/C21H24BrN3O2/c1-26-20-13-19(22)12-18(14-23-8-5-10-25-11-9-24-16-25)21(20)27-15-17-6-3-2-4-7-17/h2-4,6-7,9,11-13,16,23H,5,8,10,14-15H2,1H3. The monoisotopic (exact) mass is 429 g/mol. The van der Waals surface area contributed by atoms with Gasteiger partial charge in [0, 0.05) is 35.5 Å². The highest BCUT2D eigenvalue weighted by molar-refractivity contribution is 9.10. The molecule has 0 bridgehead atoms. The molecule has 1 aromatic heterocycles. The molecule has 142 valence electrons. The number of aromatic nitrogens is 2. The van der Waals surface area contributed by atoms with Gasteiger partial charge in [0.1, 0.15) is 6.61 Å². The molecule has 0 radical (unpaired) electrons. The molecular weight excluding hydrogens is 406 g/mol. The third-order valence-electron chi connectivity index (χ3n) is 4.19. The second kappa shape index (κ2) is 10.1. The molecule has 0 saturated carbocycles. The zero-order chi connectivity index (χ0) is 18.9. The first-order chi connectivity index (χ1) is 13.3. The molecule has 2 aromatic carbocycles. The maximum Gasteiger partial charge on any atom is 0.166 e. The van der Waals surface area contributed by atoms with Gasteiger partial charge in [0.2, 0.25) is 0 Å². The van der Waals surface area contributed by atoms with E-state index in [9.17, 15) is 0 Å². The van der Waals surface area contributed by atoms with Gasteiger partial charge in [-0.15, -0.1) is 0 Å². The molecule has 0 amide bonds. The van der Waals surface area contributed by atoms with Gasteiger partial charge in [-0.25, -0.2) is 4.98 Å². The molecule has 0 saturated heterocycles. The maximum absolute atomic E-state index is 6.12. The molecule has 1 N–H and O–H groups in total. The molecule has 6 heteroatoms. The fourth-order valence-corrected chi connectivity index (χ4v) is 3.31. The molecule has 1 heterocycles. The van der Waals surface area contributed by atoms with Crippen molar-refractivity contribution >= 4 is 15.9 Å². The lowest BCUT2D eigenvalue weighted by Gasteiger charge is -2.16. The van der Waals surface area contributed by atoms with Crippen molar-refractivity contribution in [3.63, 3.8) is 0 Å². The summed E-state index contributed by atoms with van der Waals surface area (Å²) in [6.45, 7) is 3.08. The van der Waals surface area contributed by atoms with Crippen molar-refractivity contribution in [2.24, 2.45) is 0 Å². The Balaban J connectivity index is 1.60. The number of nitrogens with zero attached hydrogens (tertiary/aromatic N) is 2. The Bertz CT molecular complexity index is 823. The van der Waals surface area contributed by atoms with Crippen LogP contribution in [0.4, 0.5) is 0 Å². The summed E-state index contributed by atoms with van der Waals surface area (Å²) in [5, 5.41) is 3.49. The van der Waals surface area contributed by atoms with E-state index < -0.39 is 0 Å². The first kappa shape index (κ1) is 19.5. The number of benzene rings is 2. The highest BCUT2D eigenvalue weighted by Crippen LogP contribution is 2.35. The van der Waals surface area contributed by atoms with Crippen molar-refractivity contribution in [3.8, 4) is 11.5 Å². The Labute approximate surface area is 168 Å². The van der Waals surface area contributed by atoms with E-state index >= 15 is 0 Å². The minimum Gasteiger partial charge on any atom is -0.493 e. The van der Waals surface area contributed by atoms with Gasteiger partial charge in [0.15, 0.2) is 11.5 Å². The van der Waals surface area contributed by atoms with Crippen molar-refractivity contribution in [2.75, 3.05) is 13.7 Å². The van der Waals surface area contributed by atoms with Gasteiger partial charge in [-0.1, -0.05) is 46.3 Å². The van der Waals surface area contributed by atoms with Crippen LogP contribution in [0.15, 0.2) is 65.7 Å². The average Bonchev–Trinajstić information content (AvgIpc) is 3.20. The molecule has 3 aromatic rings. The van der Waals surface area contributed by atoms with Crippen LogP contribution in [0.5, 0.6) is 11.5 Å². The van der Waals surface area contributed by atoms with Crippen molar-refractivity contribution in [2.45, 2.75) is 26.1 Å². The zero-order valence-electron chi connectivity index (χ0n) is 15.4. The van der Waals surface area contributed by atoms with Crippen molar-refractivity contribution in [1.29, 1.82) is 0 Å². The van der Waals surface area contributed by atoms with Crippen LogP contribution in [0.25, 0.3) is 0 Å². The number of aryl methyl sites for hydroxylation is 1. The fraction of sp³-hybridized carbons (Fsp3) is 0.286. The summed E-state index contributed by atoms with van der Waals surface area (Å²) < 4.78 is 14.7. The Kier molecular flexibility index (Phi) is 7.30. The van der Waals surface area contributed by atoms with E-state index in [0.717, 1.165) is 46.6 Å². The van der Waals surface area contributed by atoms with Crippen LogP contribution in [0.3, 0.4) is 0 Å². The molecular formula is C21H24BrN3O2. The van der Waals surface area contributed by atoms with Crippen LogP contribution in [0.1, 0.15) is 17.5 Å². The summed E-state index contributed by atoms with van der Waals surface area (Å²) in [5.41, 5.74) is 2.20. The van der Waals surface area contributed by atoms with E-state index in [-0.39, 0.29) is 0 Å². The van der Waals surface area contributed by atoms with Crippen molar-refractivity contribution in [3.05, 3.63) is 76.8 Å². The van der Waals surface area contributed by atoms with E-state index in [1.807, 2.05) is 36.8 Å². The first-order valence-electron chi connectivity index (χ1n) is 8.96. The lowest BCUT2D eigenvalue weighted by molar-refractivity contribution is 0.280. The van der Waals surface area contributed by atoms with Gasteiger partial charge >= 0.3 is 0 Å². The zero-order valence-corrected chi connectivity index (χ0v) is 17.0. The molecule has 0 spiro atoms. The maximum atomic E-state index is 6.12. The number of rotatable bonds is 10. The molecule has 0 unspecified atom stereocenters. The molecule has 3 rings (SSSR count). The minimum absolute atomic E-state index is 0.506. The smallest absolute Gasteiger partial charge is 0.166 e. The Hall–Kier alpha value is -2.31. The third-order valence-corrected chi connectivity index (χ3v) is 4.64. The number of halogens is 1. The van der Waals surface area contributed by atoms with Gasteiger partial charge in [-0.2, -0.15) is 0 Å². The molecule has 0 atom stereocenters. The van der Waals surface area contributed by atoms with Gasteiger partial charge in [0.25, 0.3) is 0 Å². The molecule has 0 aliphatic rings. The summed E-state index contributed by atoms with van der Waals surface area (Å²) in [4.78, 5) is 4.06. The van der Waals surface area contributed by atoms with E-state index in [4.69, 9.17) is 9.47 Å².